The maximum absolute atomic E-state index is 11.4. The molecule has 1 aromatic heterocycles. The molecule has 0 unspecified atom stereocenters. The Morgan fingerprint density at radius 1 is 1.24 bits per heavy atom. The van der Waals surface area contributed by atoms with Crippen LogP contribution in [0.2, 0.25) is 0 Å². The van der Waals surface area contributed by atoms with Gasteiger partial charge < -0.3 is 9.73 Å². The van der Waals surface area contributed by atoms with Crippen LogP contribution in [0.25, 0.3) is 0 Å². The molecule has 6 heteroatoms. The molecule has 0 spiro atoms. The van der Waals surface area contributed by atoms with E-state index in [0.717, 1.165) is 28.3 Å². The zero-order valence-electron chi connectivity index (χ0n) is 12.7. The van der Waals surface area contributed by atoms with Crippen LogP contribution in [0.15, 0.2) is 22.6 Å². The Kier molecular flexibility index (Phi) is 4.37. The van der Waals surface area contributed by atoms with Crippen LogP contribution in [0.1, 0.15) is 28.5 Å². The summed E-state index contributed by atoms with van der Waals surface area (Å²) in [5.74, 6) is 1.48. The summed E-state index contributed by atoms with van der Waals surface area (Å²) < 4.78 is 28.4. The molecule has 0 aliphatic carbocycles. The molecule has 1 heterocycles. The third-order valence-electron chi connectivity index (χ3n) is 3.37. The van der Waals surface area contributed by atoms with Crippen LogP contribution in [-0.2, 0) is 22.1 Å². The zero-order chi connectivity index (χ0) is 15.6. The molecule has 0 saturated carbocycles. The summed E-state index contributed by atoms with van der Waals surface area (Å²) in [7, 11) is -3.04. The van der Waals surface area contributed by atoms with Gasteiger partial charge in [-0.3, -0.25) is 0 Å². The number of hydrogen-bond donors (Lipinski definition) is 1. The molecule has 21 heavy (non-hydrogen) atoms. The van der Waals surface area contributed by atoms with Crippen molar-refractivity contribution in [2.75, 3.05) is 11.6 Å². The highest BCUT2D eigenvalue weighted by atomic mass is 32.2. The van der Waals surface area contributed by atoms with E-state index in [1.165, 1.54) is 6.26 Å². The summed E-state index contributed by atoms with van der Waals surface area (Å²) in [6.07, 6.45) is 1.24. The fourth-order valence-corrected chi connectivity index (χ4v) is 2.98. The number of anilines is 1. The highest BCUT2D eigenvalue weighted by Crippen LogP contribution is 2.21. The van der Waals surface area contributed by atoms with E-state index in [1.54, 1.807) is 0 Å². The minimum atomic E-state index is -3.04. The van der Waals surface area contributed by atoms with Gasteiger partial charge in [0, 0.05) is 11.9 Å². The van der Waals surface area contributed by atoms with Gasteiger partial charge in [-0.2, -0.15) is 0 Å². The fraction of sp³-hybridized carbons (Fsp3) is 0.400. The van der Waals surface area contributed by atoms with Gasteiger partial charge >= 0.3 is 0 Å². The van der Waals surface area contributed by atoms with Crippen LogP contribution in [0.4, 0.5) is 5.69 Å². The van der Waals surface area contributed by atoms with Crippen LogP contribution >= 0.6 is 0 Å². The predicted molar refractivity (Wildman–Crippen MR) is 83.0 cm³/mol. The minimum Gasteiger partial charge on any atom is -0.444 e. The number of aryl methyl sites for hydroxylation is 2. The van der Waals surface area contributed by atoms with Crippen LogP contribution in [0.5, 0.6) is 0 Å². The Morgan fingerprint density at radius 2 is 1.95 bits per heavy atom. The first-order valence-electron chi connectivity index (χ1n) is 6.69. The van der Waals surface area contributed by atoms with Gasteiger partial charge in [0.2, 0.25) is 5.89 Å². The minimum absolute atomic E-state index is 0.0472. The molecule has 0 fully saturated rings. The summed E-state index contributed by atoms with van der Waals surface area (Å²) in [6, 6.07) is 5.60. The normalized spacial score (nSPS) is 11.6. The zero-order valence-corrected chi connectivity index (χ0v) is 13.5. The van der Waals surface area contributed by atoms with Crippen molar-refractivity contribution in [3.63, 3.8) is 0 Å². The molecule has 0 bridgehead atoms. The number of aromatic nitrogens is 1. The summed E-state index contributed by atoms with van der Waals surface area (Å²) >= 11 is 0. The molecule has 0 saturated heterocycles. The van der Waals surface area contributed by atoms with E-state index in [4.69, 9.17) is 4.42 Å². The van der Waals surface area contributed by atoms with E-state index in [-0.39, 0.29) is 5.75 Å². The van der Waals surface area contributed by atoms with E-state index in [0.29, 0.717) is 12.4 Å². The van der Waals surface area contributed by atoms with Crippen LogP contribution in [-0.4, -0.2) is 19.7 Å². The van der Waals surface area contributed by atoms with Gasteiger partial charge in [0.05, 0.1) is 18.0 Å². The average molecular weight is 308 g/mol. The van der Waals surface area contributed by atoms with Gasteiger partial charge in [0.25, 0.3) is 0 Å². The number of oxazole rings is 1. The molecular formula is C15H20N2O3S. The highest BCUT2D eigenvalue weighted by molar-refractivity contribution is 7.89. The molecule has 2 aromatic rings. The summed E-state index contributed by atoms with van der Waals surface area (Å²) in [5, 5.41) is 3.24. The second-order valence-corrected chi connectivity index (χ2v) is 7.40. The van der Waals surface area contributed by atoms with Crippen molar-refractivity contribution in [2.24, 2.45) is 0 Å². The first-order valence-corrected chi connectivity index (χ1v) is 8.75. The molecule has 0 amide bonds. The summed E-state index contributed by atoms with van der Waals surface area (Å²) in [4.78, 5) is 4.31. The van der Waals surface area contributed by atoms with Gasteiger partial charge in [0.15, 0.2) is 9.84 Å². The summed E-state index contributed by atoms with van der Waals surface area (Å²) in [6.45, 7) is 6.16. The first-order chi connectivity index (χ1) is 9.76. The number of nitrogens with one attached hydrogen (secondary N) is 1. The number of rotatable bonds is 5. The molecule has 2 rings (SSSR count). The molecule has 0 atom stereocenters. The third-order valence-corrected chi connectivity index (χ3v) is 4.20. The molecule has 114 valence electrons. The Hall–Kier alpha value is -1.82. The van der Waals surface area contributed by atoms with Gasteiger partial charge in [-0.25, -0.2) is 13.4 Å². The van der Waals surface area contributed by atoms with Crippen molar-refractivity contribution in [1.29, 1.82) is 0 Å². The van der Waals surface area contributed by atoms with Crippen molar-refractivity contribution >= 4 is 15.5 Å². The highest BCUT2D eigenvalue weighted by Gasteiger charge is 2.11. The van der Waals surface area contributed by atoms with E-state index in [1.807, 2.05) is 39.0 Å². The van der Waals surface area contributed by atoms with Crippen LogP contribution < -0.4 is 5.32 Å². The maximum Gasteiger partial charge on any atom is 0.213 e. The molecule has 5 nitrogen and oxygen atoms in total. The molecule has 0 aliphatic heterocycles. The van der Waals surface area contributed by atoms with E-state index in [2.05, 4.69) is 10.3 Å². The van der Waals surface area contributed by atoms with Crippen molar-refractivity contribution in [3.8, 4) is 0 Å². The largest absolute Gasteiger partial charge is 0.444 e. The fourth-order valence-electron chi connectivity index (χ4n) is 2.10. The second kappa shape index (κ2) is 5.89. The Labute approximate surface area is 125 Å². The lowest BCUT2D eigenvalue weighted by Gasteiger charge is -2.11. The predicted octanol–water partition coefficient (Wildman–Crippen LogP) is 2.76. The smallest absolute Gasteiger partial charge is 0.213 e. The van der Waals surface area contributed by atoms with Crippen LogP contribution in [0, 0.1) is 20.8 Å². The number of sulfone groups is 1. The average Bonchev–Trinajstić information content (AvgIpc) is 2.68. The van der Waals surface area contributed by atoms with E-state index >= 15 is 0 Å². The first kappa shape index (κ1) is 15.6. The monoisotopic (exact) mass is 308 g/mol. The maximum atomic E-state index is 11.4. The number of hydrogen-bond acceptors (Lipinski definition) is 5. The quantitative estimate of drug-likeness (QED) is 0.919. The summed E-state index contributed by atoms with van der Waals surface area (Å²) in [5.41, 5.74) is 3.52. The van der Waals surface area contributed by atoms with Crippen molar-refractivity contribution < 1.29 is 12.8 Å². The van der Waals surface area contributed by atoms with Gasteiger partial charge in [-0.05, 0) is 38.0 Å². The topological polar surface area (TPSA) is 72.2 Å². The Morgan fingerprint density at radius 3 is 2.52 bits per heavy atom. The standard InChI is InChI=1S/C15H20N2O3S/c1-10-13(9-21(4,18)19)6-5-7-14(10)16-8-15-17-11(2)12(3)20-15/h5-7,16H,8-9H2,1-4H3. The van der Waals surface area contributed by atoms with Crippen molar-refractivity contribution in [3.05, 3.63) is 46.7 Å². The third kappa shape index (κ3) is 4.07. The molecule has 1 aromatic carbocycles. The second-order valence-electron chi connectivity index (χ2n) is 5.26. The SMILES string of the molecule is Cc1nc(CNc2cccc(CS(C)(=O)=O)c2C)oc1C. The lowest BCUT2D eigenvalue weighted by Crippen LogP contribution is -2.06. The van der Waals surface area contributed by atoms with Gasteiger partial charge in [-0.1, -0.05) is 12.1 Å². The number of nitrogens with zero attached hydrogens (tertiary/aromatic N) is 1. The van der Waals surface area contributed by atoms with Gasteiger partial charge in [0.1, 0.15) is 5.76 Å². The molecule has 0 radical (unpaired) electrons. The molecule has 1 N–H and O–H groups in total. The van der Waals surface area contributed by atoms with Crippen molar-refractivity contribution in [1.82, 2.24) is 4.98 Å². The lowest BCUT2D eigenvalue weighted by molar-refractivity contribution is 0.478. The Bertz CT molecular complexity index is 729. The molecule has 0 aliphatic rings. The van der Waals surface area contributed by atoms with Crippen molar-refractivity contribution in [2.45, 2.75) is 33.1 Å². The Balaban J connectivity index is 2.15. The number of benzene rings is 1. The molecular weight excluding hydrogens is 288 g/mol. The van der Waals surface area contributed by atoms with E-state index < -0.39 is 9.84 Å². The lowest BCUT2D eigenvalue weighted by atomic mass is 10.1. The van der Waals surface area contributed by atoms with Crippen LogP contribution in [0.3, 0.4) is 0 Å². The van der Waals surface area contributed by atoms with E-state index in [9.17, 15) is 8.42 Å². The van der Waals surface area contributed by atoms with Gasteiger partial charge in [-0.15, -0.1) is 0 Å².